The number of pyridine rings is 1. The second-order valence-corrected chi connectivity index (χ2v) is 6.99. The fourth-order valence-electron chi connectivity index (χ4n) is 2.97. The van der Waals surface area contributed by atoms with Crippen molar-refractivity contribution in [3.05, 3.63) is 45.7 Å². The number of fused-ring (bicyclic) bond motifs is 1. The summed E-state index contributed by atoms with van der Waals surface area (Å²) in [6.45, 7) is 1.49. The van der Waals surface area contributed by atoms with Crippen molar-refractivity contribution >= 4 is 11.3 Å². The van der Waals surface area contributed by atoms with Crippen LogP contribution in [0, 0.1) is 0 Å². The van der Waals surface area contributed by atoms with Gasteiger partial charge in [-0.3, -0.25) is 9.88 Å². The van der Waals surface area contributed by atoms with Crippen LogP contribution in [0.2, 0.25) is 0 Å². The first-order chi connectivity index (χ1) is 10.8. The van der Waals surface area contributed by atoms with Crippen LogP contribution < -0.4 is 0 Å². The van der Waals surface area contributed by atoms with Crippen LogP contribution in [0.15, 0.2) is 24.4 Å². The summed E-state index contributed by atoms with van der Waals surface area (Å²) < 4.78 is 5.40. The molecule has 0 aromatic carbocycles. The van der Waals surface area contributed by atoms with Gasteiger partial charge in [0, 0.05) is 18.2 Å². The topological polar surface area (TPSA) is 38.2 Å². The highest BCUT2D eigenvalue weighted by Crippen LogP contribution is 2.28. The van der Waals surface area contributed by atoms with Gasteiger partial charge in [0.05, 0.1) is 30.6 Å². The van der Waals surface area contributed by atoms with Crippen molar-refractivity contribution in [3.8, 4) is 0 Å². The summed E-state index contributed by atoms with van der Waals surface area (Å²) in [6, 6.07) is 6.20. The summed E-state index contributed by atoms with van der Waals surface area (Å²) >= 11 is 1.88. The first kappa shape index (κ1) is 15.6. The van der Waals surface area contributed by atoms with E-state index in [9.17, 15) is 0 Å². The first-order valence-corrected chi connectivity index (χ1v) is 8.67. The average Bonchev–Trinajstić information content (AvgIpc) is 2.95. The largest absolute Gasteiger partial charge is 0.383 e. The van der Waals surface area contributed by atoms with Crippen molar-refractivity contribution in [2.75, 3.05) is 20.8 Å². The second-order valence-electron chi connectivity index (χ2n) is 5.83. The van der Waals surface area contributed by atoms with Gasteiger partial charge in [0.1, 0.15) is 5.01 Å². The first-order valence-electron chi connectivity index (χ1n) is 7.85. The van der Waals surface area contributed by atoms with Gasteiger partial charge in [-0.2, -0.15) is 0 Å². The molecule has 0 radical (unpaired) electrons. The molecule has 0 saturated carbocycles. The fraction of sp³-hybridized carbons (Fsp3) is 0.529. The highest BCUT2D eigenvalue weighted by Gasteiger charge is 2.21. The predicted octanol–water partition coefficient (Wildman–Crippen LogP) is 3.24. The van der Waals surface area contributed by atoms with Crippen LogP contribution in [0.1, 0.15) is 40.2 Å². The molecule has 22 heavy (non-hydrogen) atoms. The number of hydrogen-bond donors (Lipinski definition) is 0. The van der Waals surface area contributed by atoms with E-state index >= 15 is 0 Å². The van der Waals surface area contributed by atoms with Crippen LogP contribution in [0.25, 0.3) is 0 Å². The molecule has 1 aliphatic carbocycles. The molecule has 2 aromatic heterocycles. The SMILES string of the molecule is COCC(c1ccccn1)N(C)Cc1nc2c(s1)CCCC2. The normalized spacial score (nSPS) is 15.8. The Morgan fingerprint density at radius 3 is 2.91 bits per heavy atom. The molecule has 0 N–H and O–H groups in total. The number of thiazole rings is 1. The third kappa shape index (κ3) is 3.54. The zero-order valence-electron chi connectivity index (χ0n) is 13.3. The minimum atomic E-state index is 0.159. The molecule has 0 amide bonds. The standard InChI is InChI=1S/C17H23N3OS/c1-20(15(12-21-2)13-7-5-6-10-18-13)11-17-19-14-8-3-4-9-16(14)22-17/h5-7,10,15H,3-4,8-9,11-12H2,1-2H3. The maximum absolute atomic E-state index is 5.40. The summed E-state index contributed by atoms with van der Waals surface area (Å²) in [5.41, 5.74) is 2.38. The van der Waals surface area contributed by atoms with Gasteiger partial charge < -0.3 is 4.74 Å². The minimum absolute atomic E-state index is 0.159. The van der Waals surface area contributed by atoms with Crippen molar-refractivity contribution in [2.45, 2.75) is 38.3 Å². The number of methoxy groups -OCH3 is 1. The van der Waals surface area contributed by atoms with Crippen LogP contribution >= 0.6 is 11.3 Å². The number of rotatable bonds is 6. The van der Waals surface area contributed by atoms with Crippen molar-refractivity contribution in [1.29, 1.82) is 0 Å². The number of aryl methyl sites for hydroxylation is 2. The van der Waals surface area contributed by atoms with Crippen molar-refractivity contribution < 1.29 is 4.74 Å². The highest BCUT2D eigenvalue weighted by atomic mass is 32.1. The molecule has 5 heteroatoms. The van der Waals surface area contributed by atoms with Crippen molar-refractivity contribution in [3.63, 3.8) is 0 Å². The molecule has 1 aliphatic rings. The summed E-state index contributed by atoms with van der Waals surface area (Å²) in [4.78, 5) is 13.1. The number of aromatic nitrogens is 2. The molecule has 118 valence electrons. The average molecular weight is 317 g/mol. The molecule has 2 heterocycles. The molecule has 0 spiro atoms. The van der Waals surface area contributed by atoms with Gasteiger partial charge in [-0.1, -0.05) is 6.07 Å². The van der Waals surface area contributed by atoms with E-state index in [-0.39, 0.29) is 6.04 Å². The Morgan fingerprint density at radius 2 is 2.18 bits per heavy atom. The van der Waals surface area contributed by atoms with Crippen molar-refractivity contribution in [1.82, 2.24) is 14.9 Å². The Hall–Kier alpha value is -1.30. The van der Waals surface area contributed by atoms with E-state index in [1.54, 1.807) is 7.11 Å². The monoisotopic (exact) mass is 317 g/mol. The van der Waals surface area contributed by atoms with Crippen LogP contribution in [0.4, 0.5) is 0 Å². The molecule has 2 aromatic rings. The molecule has 4 nitrogen and oxygen atoms in total. The highest BCUT2D eigenvalue weighted by molar-refractivity contribution is 7.11. The Morgan fingerprint density at radius 1 is 1.32 bits per heavy atom. The van der Waals surface area contributed by atoms with Gasteiger partial charge in [-0.25, -0.2) is 4.98 Å². The van der Waals surface area contributed by atoms with Crippen molar-refractivity contribution in [2.24, 2.45) is 0 Å². The lowest BCUT2D eigenvalue weighted by atomic mass is 10.0. The van der Waals surface area contributed by atoms with Gasteiger partial charge in [0.15, 0.2) is 0 Å². The summed E-state index contributed by atoms with van der Waals surface area (Å²) in [6.07, 6.45) is 6.79. The van der Waals surface area contributed by atoms with Gasteiger partial charge in [-0.15, -0.1) is 11.3 Å². The minimum Gasteiger partial charge on any atom is -0.383 e. The molecule has 3 rings (SSSR count). The molecule has 0 fully saturated rings. The smallest absolute Gasteiger partial charge is 0.107 e. The van der Waals surface area contributed by atoms with Gasteiger partial charge in [-0.05, 0) is 44.9 Å². The Kier molecular flexibility index (Phi) is 5.18. The lowest BCUT2D eigenvalue weighted by molar-refractivity contribution is 0.0999. The number of ether oxygens (including phenoxy) is 1. The summed E-state index contributed by atoms with van der Waals surface area (Å²) in [5.74, 6) is 0. The lowest BCUT2D eigenvalue weighted by Gasteiger charge is -2.26. The van der Waals surface area contributed by atoms with E-state index in [0.29, 0.717) is 6.61 Å². The zero-order chi connectivity index (χ0) is 15.4. The molecular weight excluding hydrogens is 294 g/mol. The Bertz CT molecular complexity index is 576. The Balaban J connectivity index is 1.73. The molecule has 0 bridgehead atoms. The molecule has 0 saturated heterocycles. The van der Waals surface area contributed by atoms with Crippen LogP contribution in [-0.4, -0.2) is 35.6 Å². The predicted molar refractivity (Wildman–Crippen MR) is 89.1 cm³/mol. The maximum atomic E-state index is 5.40. The quantitative estimate of drug-likeness (QED) is 0.820. The van der Waals surface area contributed by atoms with E-state index in [1.165, 1.54) is 34.8 Å². The van der Waals surface area contributed by atoms with E-state index in [4.69, 9.17) is 9.72 Å². The molecule has 1 atom stereocenters. The van der Waals surface area contributed by atoms with E-state index in [2.05, 4.69) is 23.0 Å². The molecular formula is C17H23N3OS. The van der Waals surface area contributed by atoms with Crippen LogP contribution in [0.5, 0.6) is 0 Å². The zero-order valence-corrected chi connectivity index (χ0v) is 14.1. The molecule has 0 aliphatic heterocycles. The van der Waals surface area contributed by atoms with Crippen LogP contribution in [-0.2, 0) is 24.1 Å². The third-order valence-corrected chi connectivity index (χ3v) is 5.30. The van der Waals surface area contributed by atoms with Gasteiger partial charge in [0.2, 0.25) is 0 Å². The number of likely N-dealkylation sites (N-methyl/N-ethyl adjacent to an activating group) is 1. The fourth-order valence-corrected chi connectivity index (χ4v) is 4.19. The number of hydrogen-bond acceptors (Lipinski definition) is 5. The van der Waals surface area contributed by atoms with E-state index < -0.39 is 0 Å². The second kappa shape index (κ2) is 7.31. The van der Waals surface area contributed by atoms with E-state index in [1.807, 2.05) is 29.7 Å². The van der Waals surface area contributed by atoms with Crippen LogP contribution in [0.3, 0.4) is 0 Å². The lowest BCUT2D eigenvalue weighted by Crippen LogP contribution is -2.28. The third-order valence-electron chi connectivity index (χ3n) is 4.16. The van der Waals surface area contributed by atoms with Gasteiger partial charge >= 0.3 is 0 Å². The maximum Gasteiger partial charge on any atom is 0.107 e. The van der Waals surface area contributed by atoms with Gasteiger partial charge in [0.25, 0.3) is 0 Å². The van der Waals surface area contributed by atoms with E-state index in [0.717, 1.165) is 18.7 Å². The molecule has 1 unspecified atom stereocenters. The Labute approximate surface area is 136 Å². The summed E-state index contributed by atoms with van der Waals surface area (Å²) in [5, 5.41) is 1.21. The number of nitrogens with zero attached hydrogens (tertiary/aromatic N) is 3. The summed E-state index contributed by atoms with van der Waals surface area (Å²) in [7, 11) is 3.87.